The van der Waals surface area contributed by atoms with Gasteiger partial charge in [0, 0.05) is 5.92 Å². The van der Waals surface area contributed by atoms with Crippen molar-refractivity contribution >= 4 is 0 Å². The molecule has 2 heteroatoms. The van der Waals surface area contributed by atoms with E-state index in [9.17, 15) is 10.2 Å². The highest BCUT2D eigenvalue weighted by Crippen LogP contribution is 2.13. The van der Waals surface area contributed by atoms with Gasteiger partial charge in [-0.3, -0.25) is 0 Å². The summed E-state index contributed by atoms with van der Waals surface area (Å²) < 4.78 is 0. The molecular weight excluding hydrogens is 128 g/mol. The minimum Gasteiger partial charge on any atom is -0.393 e. The lowest BCUT2D eigenvalue weighted by atomic mass is 9.95. The molecule has 10 heavy (non-hydrogen) atoms. The van der Waals surface area contributed by atoms with Crippen molar-refractivity contribution in [2.45, 2.75) is 45.8 Å². The van der Waals surface area contributed by atoms with Crippen LogP contribution >= 0.6 is 0 Å². The van der Waals surface area contributed by atoms with Gasteiger partial charge in [-0.05, 0) is 12.8 Å². The van der Waals surface area contributed by atoms with Crippen molar-refractivity contribution < 1.29 is 10.2 Å². The molecule has 0 aromatic rings. The highest BCUT2D eigenvalue weighted by molar-refractivity contribution is 4.69. The highest BCUT2D eigenvalue weighted by atomic mass is 16.3. The first-order valence-corrected chi connectivity index (χ1v) is 3.99. The second-order valence-electron chi connectivity index (χ2n) is 2.81. The third-order valence-corrected chi connectivity index (χ3v) is 2.05. The normalized spacial score (nSPS) is 20.1. The van der Waals surface area contributed by atoms with Gasteiger partial charge in [-0.25, -0.2) is 0 Å². The molecule has 0 saturated carbocycles. The lowest BCUT2D eigenvalue weighted by molar-refractivity contribution is 0.0186. The van der Waals surface area contributed by atoms with E-state index in [0.29, 0.717) is 0 Å². The fraction of sp³-hybridized carbons (Fsp3) is 1.00. The summed E-state index contributed by atoms with van der Waals surface area (Å²) in [6, 6.07) is 0. The van der Waals surface area contributed by atoms with Crippen molar-refractivity contribution in [3.63, 3.8) is 0 Å². The Bertz CT molecular complexity index is 73.3. The van der Waals surface area contributed by atoms with Crippen LogP contribution in [0.25, 0.3) is 0 Å². The highest BCUT2D eigenvalue weighted by Gasteiger charge is 2.18. The van der Waals surface area contributed by atoms with Gasteiger partial charge in [0.05, 0.1) is 12.2 Å². The van der Waals surface area contributed by atoms with Crippen LogP contribution in [0.2, 0.25) is 0 Å². The Balaban J connectivity index is 3.69. The van der Waals surface area contributed by atoms with E-state index in [0.717, 1.165) is 12.8 Å². The Morgan fingerprint density at radius 2 is 1.30 bits per heavy atom. The first-order valence-electron chi connectivity index (χ1n) is 3.99. The van der Waals surface area contributed by atoms with Crippen molar-refractivity contribution in [1.82, 2.24) is 0 Å². The van der Waals surface area contributed by atoms with Crippen LogP contribution in [0.4, 0.5) is 0 Å². The van der Waals surface area contributed by atoms with Crippen molar-refractivity contribution in [2.24, 2.45) is 5.92 Å². The van der Waals surface area contributed by atoms with Crippen LogP contribution in [0, 0.1) is 5.92 Å². The fourth-order valence-corrected chi connectivity index (χ4v) is 1.00. The molecule has 0 fully saturated rings. The second-order valence-corrected chi connectivity index (χ2v) is 2.81. The molecule has 0 aromatic carbocycles. The summed E-state index contributed by atoms with van der Waals surface area (Å²) in [6.45, 7) is 5.72. The Labute approximate surface area is 62.9 Å². The second kappa shape index (κ2) is 4.69. The van der Waals surface area contributed by atoms with E-state index in [1.807, 2.05) is 20.8 Å². The molecule has 0 rings (SSSR count). The van der Waals surface area contributed by atoms with Gasteiger partial charge >= 0.3 is 0 Å². The molecule has 0 saturated heterocycles. The van der Waals surface area contributed by atoms with E-state index in [1.54, 1.807) is 0 Å². The Kier molecular flexibility index (Phi) is 4.65. The molecule has 0 aliphatic carbocycles. The third kappa shape index (κ3) is 2.67. The lowest BCUT2D eigenvalue weighted by Gasteiger charge is -2.21. The van der Waals surface area contributed by atoms with E-state index in [4.69, 9.17) is 0 Å². The van der Waals surface area contributed by atoms with Crippen LogP contribution in [0.15, 0.2) is 0 Å². The molecular formula is C8H18O2. The summed E-state index contributed by atoms with van der Waals surface area (Å²) in [4.78, 5) is 0. The lowest BCUT2D eigenvalue weighted by Crippen LogP contribution is -2.28. The minimum atomic E-state index is -0.352. The quantitative estimate of drug-likeness (QED) is 0.625. The summed E-state index contributed by atoms with van der Waals surface area (Å²) in [5, 5.41) is 18.5. The monoisotopic (exact) mass is 146 g/mol. The zero-order valence-corrected chi connectivity index (χ0v) is 7.04. The van der Waals surface area contributed by atoms with Crippen molar-refractivity contribution in [2.75, 3.05) is 0 Å². The zero-order valence-electron chi connectivity index (χ0n) is 7.04. The van der Waals surface area contributed by atoms with Gasteiger partial charge in [0.1, 0.15) is 0 Å². The van der Waals surface area contributed by atoms with E-state index < -0.39 is 0 Å². The van der Waals surface area contributed by atoms with Gasteiger partial charge in [0.2, 0.25) is 0 Å². The van der Waals surface area contributed by atoms with Crippen LogP contribution in [0.1, 0.15) is 33.6 Å². The van der Waals surface area contributed by atoms with Crippen LogP contribution in [-0.2, 0) is 0 Å². The Hall–Kier alpha value is -0.0800. The summed E-state index contributed by atoms with van der Waals surface area (Å²) >= 11 is 0. The topological polar surface area (TPSA) is 40.5 Å². The molecule has 0 aliphatic rings. The van der Waals surface area contributed by atoms with Crippen molar-refractivity contribution in [1.29, 1.82) is 0 Å². The van der Waals surface area contributed by atoms with Crippen LogP contribution in [0.5, 0.6) is 0 Å². The van der Waals surface area contributed by atoms with Gasteiger partial charge in [-0.15, -0.1) is 0 Å². The maximum absolute atomic E-state index is 9.27. The van der Waals surface area contributed by atoms with Gasteiger partial charge < -0.3 is 10.2 Å². The van der Waals surface area contributed by atoms with Gasteiger partial charge in [0.25, 0.3) is 0 Å². The molecule has 0 radical (unpaired) electrons. The van der Waals surface area contributed by atoms with Gasteiger partial charge in [-0.1, -0.05) is 20.8 Å². The van der Waals surface area contributed by atoms with Gasteiger partial charge in [-0.2, -0.15) is 0 Å². The van der Waals surface area contributed by atoms with E-state index in [2.05, 4.69) is 0 Å². The number of hydrogen-bond acceptors (Lipinski definition) is 2. The molecule has 2 N–H and O–H groups in total. The zero-order chi connectivity index (χ0) is 8.15. The summed E-state index contributed by atoms with van der Waals surface area (Å²) in [6.07, 6.45) is 0.737. The smallest absolute Gasteiger partial charge is 0.0587 e. The standard InChI is InChI=1S/C8H18O2/c1-4-7(9)6(3)8(10)5-2/h6-10H,4-5H2,1-3H3/t6?,7-,8?/m0/s1. The maximum atomic E-state index is 9.27. The molecule has 3 atom stereocenters. The number of hydrogen-bond donors (Lipinski definition) is 2. The molecule has 0 bridgehead atoms. The number of rotatable bonds is 4. The molecule has 0 amide bonds. The Morgan fingerprint density at radius 3 is 1.50 bits per heavy atom. The fourth-order valence-electron chi connectivity index (χ4n) is 1.00. The maximum Gasteiger partial charge on any atom is 0.0587 e. The third-order valence-electron chi connectivity index (χ3n) is 2.05. The Morgan fingerprint density at radius 1 is 1.00 bits per heavy atom. The van der Waals surface area contributed by atoms with E-state index >= 15 is 0 Å². The van der Waals surface area contributed by atoms with E-state index in [1.165, 1.54) is 0 Å². The number of aliphatic hydroxyl groups excluding tert-OH is 2. The first kappa shape index (κ1) is 9.92. The van der Waals surface area contributed by atoms with Crippen molar-refractivity contribution in [3.8, 4) is 0 Å². The van der Waals surface area contributed by atoms with Crippen LogP contribution in [0.3, 0.4) is 0 Å². The largest absolute Gasteiger partial charge is 0.393 e. The van der Waals surface area contributed by atoms with Crippen LogP contribution in [-0.4, -0.2) is 22.4 Å². The number of aliphatic hydroxyl groups is 2. The van der Waals surface area contributed by atoms with Crippen LogP contribution < -0.4 is 0 Å². The molecule has 0 heterocycles. The average Bonchev–Trinajstić information content (AvgIpc) is 2.00. The molecule has 0 spiro atoms. The molecule has 62 valence electrons. The minimum absolute atomic E-state index is 0.00926. The molecule has 2 nitrogen and oxygen atoms in total. The van der Waals surface area contributed by atoms with E-state index in [-0.39, 0.29) is 18.1 Å². The van der Waals surface area contributed by atoms with Crippen molar-refractivity contribution in [3.05, 3.63) is 0 Å². The van der Waals surface area contributed by atoms with Gasteiger partial charge in [0.15, 0.2) is 0 Å². The molecule has 2 unspecified atom stereocenters. The summed E-state index contributed by atoms with van der Waals surface area (Å²) in [5.74, 6) is 0.00926. The molecule has 0 aliphatic heterocycles. The average molecular weight is 146 g/mol. The molecule has 0 aromatic heterocycles. The summed E-state index contributed by atoms with van der Waals surface area (Å²) in [5.41, 5.74) is 0. The predicted octanol–water partition coefficient (Wildman–Crippen LogP) is 1.16. The SMILES string of the molecule is CCC(O)C(C)[C@@H](O)CC. The predicted molar refractivity (Wildman–Crippen MR) is 41.8 cm³/mol. The summed E-state index contributed by atoms with van der Waals surface area (Å²) in [7, 11) is 0. The first-order chi connectivity index (χ1) is 4.63.